The molecule has 1 aromatic heterocycles. The first-order valence-corrected chi connectivity index (χ1v) is 4.55. The molecule has 0 fully saturated rings. The molecule has 0 aliphatic rings. The number of nitrogens with zero attached hydrogens (tertiary/aromatic N) is 1. The van der Waals surface area contributed by atoms with Crippen molar-refractivity contribution in [3.8, 4) is 0 Å². The van der Waals surface area contributed by atoms with Crippen LogP contribution in [0.3, 0.4) is 0 Å². The van der Waals surface area contributed by atoms with E-state index in [-0.39, 0.29) is 6.42 Å². The molecule has 14 heavy (non-hydrogen) atoms. The number of hydrogen-bond donors (Lipinski definition) is 2. The fourth-order valence-corrected chi connectivity index (χ4v) is 1.10. The quantitative estimate of drug-likeness (QED) is 0.735. The third-order valence-electron chi connectivity index (χ3n) is 2.04. The number of pyridine rings is 1. The molecule has 3 N–H and O–H groups in total. The van der Waals surface area contributed by atoms with Gasteiger partial charge in [-0.15, -0.1) is 0 Å². The Morgan fingerprint density at radius 3 is 2.79 bits per heavy atom. The maximum Gasteiger partial charge on any atom is 0.320 e. The van der Waals surface area contributed by atoms with Crippen molar-refractivity contribution < 1.29 is 9.90 Å². The van der Waals surface area contributed by atoms with Gasteiger partial charge in [-0.25, -0.2) is 0 Å². The molecule has 0 saturated carbocycles. The molecule has 1 rings (SSSR count). The molecule has 0 radical (unpaired) electrons. The minimum absolute atomic E-state index is 0.277. The summed E-state index contributed by atoms with van der Waals surface area (Å²) in [5.41, 5.74) is 7.24. The summed E-state index contributed by atoms with van der Waals surface area (Å²) in [6.07, 6.45) is 2.96. The highest BCUT2D eigenvalue weighted by Crippen LogP contribution is 2.03. The van der Waals surface area contributed by atoms with E-state index >= 15 is 0 Å². The molecule has 0 aliphatic carbocycles. The van der Waals surface area contributed by atoms with Gasteiger partial charge in [-0.05, 0) is 18.1 Å². The Kier molecular flexibility index (Phi) is 3.59. The molecule has 0 saturated heterocycles. The van der Waals surface area contributed by atoms with E-state index < -0.39 is 12.0 Å². The van der Waals surface area contributed by atoms with E-state index in [1.54, 1.807) is 6.20 Å². The number of hydrogen-bond acceptors (Lipinski definition) is 3. The predicted octanol–water partition coefficient (Wildman–Crippen LogP) is 0.598. The van der Waals surface area contributed by atoms with Crippen molar-refractivity contribution >= 4 is 5.97 Å². The van der Waals surface area contributed by atoms with Crippen molar-refractivity contribution in [2.75, 3.05) is 0 Å². The van der Waals surface area contributed by atoms with Crippen LogP contribution in [0.1, 0.15) is 18.2 Å². The number of carbonyl (C=O) groups is 1. The number of aryl methyl sites for hydroxylation is 1. The maximum absolute atomic E-state index is 10.5. The Morgan fingerprint density at radius 2 is 2.36 bits per heavy atom. The van der Waals surface area contributed by atoms with Gasteiger partial charge in [-0.1, -0.05) is 13.0 Å². The SMILES string of the molecule is CCc1ccc(CC(N)C(=O)O)nc1. The van der Waals surface area contributed by atoms with Crippen molar-refractivity contribution in [1.82, 2.24) is 4.98 Å². The second-order valence-electron chi connectivity index (χ2n) is 3.16. The highest BCUT2D eigenvalue weighted by Gasteiger charge is 2.12. The summed E-state index contributed by atoms with van der Waals surface area (Å²) in [4.78, 5) is 14.6. The Labute approximate surface area is 82.8 Å². The first-order valence-electron chi connectivity index (χ1n) is 4.55. The van der Waals surface area contributed by atoms with Crippen molar-refractivity contribution in [2.24, 2.45) is 5.73 Å². The predicted molar refractivity (Wildman–Crippen MR) is 52.9 cm³/mol. The summed E-state index contributed by atoms with van der Waals surface area (Å²) in [6.45, 7) is 2.04. The van der Waals surface area contributed by atoms with Crippen LogP contribution in [-0.2, 0) is 17.6 Å². The third kappa shape index (κ3) is 2.81. The second-order valence-corrected chi connectivity index (χ2v) is 3.16. The summed E-state index contributed by atoms with van der Waals surface area (Å²) >= 11 is 0. The maximum atomic E-state index is 10.5. The molecule has 0 aliphatic heterocycles. The zero-order chi connectivity index (χ0) is 10.6. The van der Waals surface area contributed by atoms with Crippen molar-refractivity contribution in [3.05, 3.63) is 29.6 Å². The minimum Gasteiger partial charge on any atom is -0.480 e. The Hall–Kier alpha value is -1.42. The van der Waals surface area contributed by atoms with Gasteiger partial charge in [0.15, 0.2) is 0 Å². The fraction of sp³-hybridized carbons (Fsp3) is 0.400. The lowest BCUT2D eigenvalue weighted by molar-refractivity contribution is -0.138. The normalized spacial score (nSPS) is 12.4. The first kappa shape index (κ1) is 10.7. The molecule has 0 amide bonds. The van der Waals surface area contributed by atoms with Gasteiger partial charge < -0.3 is 10.8 Å². The van der Waals surface area contributed by atoms with E-state index in [2.05, 4.69) is 4.98 Å². The second kappa shape index (κ2) is 4.72. The molecule has 1 aromatic rings. The summed E-state index contributed by atoms with van der Waals surface area (Å²) in [6, 6.07) is 2.90. The van der Waals surface area contributed by atoms with Gasteiger partial charge >= 0.3 is 5.97 Å². The number of carboxylic acid groups (broad SMARTS) is 1. The highest BCUT2D eigenvalue weighted by atomic mass is 16.4. The molecule has 0 aromatic carbocycles. The topological polar surface area (TPSA) is 76.2 Å². The largest absolute Gasteiger partial charge is 0.480 e. The van der Waals surface area contributed by atoms with Crippen LogP contribution in [0.5, 0.6) is 0 Å². The van der Waals surface area contributed by atoms with Crippen LogP contribution in [0, 0.1) is 0 Å². The smallest absolute Gasteiger partial charge is 0.320 e. The van der Waals surface area contributed by atoms with Gasteiger partial charge in [0.05, 0.1) is 0 Å². The van der Waals surface area contributed by atoms with Crippen LogP contribution in [-0.4, -0.2) is 22.1 Å². The van der Waals surface area contributed by atoms with E-state index in [1.165, 1.54) is 0 Å². The van der Waals surface area contributed by atoms with Crippen LogP contribution in [0.2, 0.25) is 0 Å². The molecular formula is C10H14N2O2. The van der Waals surface area contributed by atoms with Crippen LogP contribution in [0.15, 0.2) is 18.3 Å². The van der Waals surface area contributed by atoms with Crippen molar-refractivity contribution in [3.63, 3.8) is 0 Å². The number of nitrogens with two attached hydrogens (primary N) is 1. The minimum atomic E-state index is -0.994. The third-order valence-corrected chi connectivity index (χ3v) is 2.04. The lowest BCUT2D eigenvalue weighted by Gasteiger charge is -2.05. The van der Waals surface area contributed by atoms with Crippen molar-refractivity contribution in [2.45, 2.75) is 25.8 Å². The summed E-state index contributed by atoms with van der Waals surface area (Å²) in [5, 5.41) is 8.59. The monoisotopic (exact) mass is 194 g/mol. The number of rotatable bonds is 4. The Morgan fingerprint density at radius 1 is 1.64 bits per heavy atom. The molecule has 1 heterocycles. The Bertz CT molecular complexity index is 308. The van der Waals surface area contributed by atoms with Crippen LogP contribution in [0.4, 0.5) is 0 Å². The molecule has 0 spiro atoms. The van der Waals surface area contributed by atoms with Gasteiger partial charge in [0, 0.05) is 18.3 Å². The van der Waals surface area contributed by atoms with Crippen LogP contribution >= 0.6 is 0 Å². The zero-order valence-corrected chi connectivity index (χ0v) is 8.10. The van der Waals surface area contributed by atoms with E-state index in [0.29, 0.717) is 0 Å². The summed E-state index contributed by atoms with van der Waals surface area (Å²) in [7, 11) is 0. The van der Waals surface area contributed by atoms with Crippen molar-refractivity contribution in [1.29, 1.82) is 0 Å². The molecule has 0 bridgehead atoms. The molecular weight excluding hydrogens is 180 g/mol. The fourth-order valence-electron chi connectivity index (χ4n) is 1.10. The first-order chi connectivity index (χ1) is 6.63. The molecule has 76 valence electrons. The van der Waals surface area contributed by atoms with E-state index in [0.717, 1.165) is 17.7 Å². The highest BCUT2D eigenvalue weighted by molar-refractivity contribution is 5.73. The number of aliphatic carboxylic acids is 1. The zero-order valence-electron chi connectivity index (χ0n) is 8.10. The average molecular weight is 194 g/mol. The number of aromatic nitrogens is 1. The number of carboxylic acids is 1. The summed E-state index contributed by atoms with van der Waals surface area (Å²) in [5.74, 6) is -0.994. The molecule has 4 nitrogen and oxygen atoms in total. The van der Waals surface area contributed by atoms with E-state index in [4.69, 9.17) is 10.8 Å². The standard InChI is InChI=1S/C10H14N2O2/c1-2-7-3-4-8(12-6-7)5-9(11)10(13)14/h3-4,6,9H,2,5,11H2,1H3,(H,13,14). The van der Waals surface area contributed by atoms with Gasteiger partial charge in [-0.2, -0.15) is 0 Å². The molecule has 4 heteroatoms. The Balaban J connectivity index is 2.64. The summed E-state index contributed by atoms with van der Waals surface area (Å²) < 4.78 is 0. The lowest BCUT2D eigenvalue weighted by atomic mass is 10.1. The molecule has 1 atom stereocenters. The van der Waals surface area contributed by atoms with E-state index in [1.807, 2.05) is 19.1 Å². The van der Waals surface area contributed by atoms with Gasteiger partial charge in [0.25, 0.3) is 0 Å². The van der Waals surface area contributed by atoms with Crippen LogP contribution < -0.4 is 5.73 Å². The lowest BCUT2D eigenvalue weighted by Crippen LogP contribution is -2.32. The van der Waals surface area contributed by atoms with E-state index in [9.17, 15) is 4.79 Å². The van der Waals surface area contributed by atoms with Gasteiger partial charge in [-0.3, -0.25) is 9.78 Å². The van der Waals surface area contributed by atoms with Gasteiger partial charge in [0.1, 0.15) is 6.04 Å². The molecule has 1 unspecified atom stereocenters. The van der Waals surface area contributed by atoms with Crippen LogP contribution in [0.25, 0.3) is 0 Å². The van der Waals surface area contributed by atoms with Gasteiger partial charge in [0.2, 0.25) is 0 Å². The average Bonchev–Trinajstić information content (AvgIpc) is 2.19.